The number of rotatable bonds is 5. The van der Waals surface area contributed by atoms with Crippen molar-refractivity contribution in [2.75, 3.05) is 6.54 Å². The molecule has 1 aromatic rings. The van der Waals surface area contributed by atoms with Crippen LogP contribution in [0.5, 0.6) is 0 Å². The molecule has 0 spiro atoms. The van der Waals surface area contributed by atoms with Crippen molar-refractivity contribution in [2.24, 2.45) is 5.41 Å². The van der Waals surface area contributed by atoms with Gasteiger partial charge in [-0.2, -0.15) is 0 Å². The van der Waals surface area contributed by atoms with Crippen molar-refractivity contribution < 1.29 is 14.7 Å². The minimum atomic E-state index is -0.814. The van der Waals surface area contributed by atoms with Crippen molar-refractivity contribution >= 4 is 27.8 Å². The van der Waals surface area contributed by atoms with Gasteiger partial charge in [0, 0.05) is 11.0 Å². The molecule has 0 heterocycles. The number of aryl methyl sites for hydroxylation is 1. The van der Waals surface area contributed by atoms with Crippen LogP contribution in [0.25, 0.3) is 0 Å². The predicted octanol–water partition coefficient (Wildman–Crippen LogP) is 2.28. The van der Waals surface area contributed by atoms with Crippen LogP contribution in [0.1, 0.15) is 24.0 Å². The fourth-order valence-electron chi connectivity index (χ4n) is 1.88. The molecule has 0 bridgehead atoms. The van der Waals surface area contributed by atoms with E-state index in [9.17, 15) is 9.59 Å². The van der Waals surface area contributed by atoms with E-state index in [0.29, 0.717) is 12.8 Å². The van der Waals surface area contributed by atoms with Gasteiger partial charge in [-0.3, -0.25) is 9.59 Å². The van der Waals surface area contributed by atoms with Crippen LogP contribution in [0, 0.1) is 12.3 Å². The van der Waals surface area contributed by atoms with E-state index < -0.39 is 11.4 Å². The Kier molecular flexibility index (Phi) is 3.94. The van der Waals surface area contributed by atoms with Gasteiger partial charge < -0.3 is 10.4 Å². The third kappa shape index (κ3) is 3.35. The number of benzene rings is 1. The van der Waals surface area contributed by atoms with E-state index >= 15 is 0 Å². The Morgan fingerprint density at radius 2 is 2.11 bits per heavy atom. The zero-order valence-electron chi connectivity index (χ0n) is 10.7. The van der Waals surface area contributed by atoms with Crippen molar-refractivity contribution in [3.63, 3.8) is 0 Å². The highest BCUT2D eigenvalue weighted by Crippen LogP contribution is 2.45. The summed E-state index contributed by atoms with van der Waals surface area (Å²) in [5.41, 5.74) is 1.32. The van der Waals surface area contributed by atoms with Gasteiger partial charge in [0.25, 0.3) is 0 Å². The Hall–Kier alpha value is -1.36. The number of carbonyl (C=O) groups is 2. The number of carbonyl (C=O) groups excluding carboxylic acids is 1. The molecule has 102 valence electrons. The Bertz CT molecular complexity index is 523. The van der Waals surface area contributed by atoms with E-state index in [2.05, 4.69) is 21.2 Å². The minimum absolute atomic E-state index is 0.136. The molecule has 4 nitrogen and oxygen atoms in total. The van der Waals surface area contributed by atoms with Gasteiger partial charge in [-0.15, -0.1) is 0 Å². The minimum Gasteiger partial charge on any atom is -0.481 e. The summed E-state index contributed by atoms with van der Waals surface area (Å²) >= 11 is 3.43. The summed E-state index contributed by atoms with van der Waals surface area (Å²) in [6.45, 7) is 2.21. The first-order valence-corrected chi connectivity index (χ1v) is 6.97. The lowest BCUT2D eigenvalue weighted by Gasteiger charge is -2.11. The summed E-state index contributed by atoms with van der Waals surface area (Å²) < 4.78 is 0.974. The number of aliphatic carboxylic acids is 1. The molecule has 1 fully saturated rings. The largest absolute Gasteiger partial charge is 0.481 e. The topological polar surface area (TPSA) is 66.4 Å². The van der Waals surface area contributed by atoms with Crippen LogP contribution < -0.4 is 5.32 Å². The molecule has 0 radical (unpaired) electrons. The number of halogens is 1. The molecule has 0 unspecified atom stereocenters. The first kappa shape index (κ1) is 14.1. The highest BCUT2D eigenvalue weighted by atomic mass is 79.9. The van der Waals surface area contributed by atoms with Gasteiger partial charge in [-0.25, -0.2) is 0 Å². The molecule has 19 heavy (non-hydrogen) atoms. The number of carboxylic acids is 1. The highest BCUT2D eigenvalue weighted by Gasteiger charge is 2.50. The van der Waals surface area contributed by atoms with E-state index in [1.165, 1.54) is 0 Å². The predicted molar refractivity (Wildman–Crippen MR) is 74.9 cm³/mol. The van der Waals surface area contributed by atoms with Crippen molar-refractivity contribution in [1.82, 2.24) is 5.32 Å². The molecule has 0 saturated heterocycles. The molecule has 5 heteroatoms. The number of hydrogen-bond donors (Lipinski definition) is 2. The van der Waals surface area contributed by atoms with Crippen molar-refractivity contribution in [3.05, 3.63) is 33.8 Å². The average Bonchev–Trinajstić information content (AvgIpc) is 3.13. The lowest BCUT2D eigenvalue weighted by Crippen LogP contribution is -2.35. The van der Waals surface area contributed by atoms with Gasteiger partial charge in [0.15, 0.2) is 0 Å². The van der Waals surface area contributed by atoms with E-state index in [1.54, 1.807) is 0 Å². The first-order valence-electron chi connectivity index (χ1n) is 6.18. The zero-order chi connectivity index (χ0) is 14.0. The van der Waals surface area contributed by atoms with E-state index in [0.717, 1.165) is 15.6 Å². The van der Waals surface area contributed by atoms with Crippen molar-refractivity contribution in [3.8, 4) is 0 Å². The summed E-state index contributed by atoms with van der Waals surface area (Å²) in [5, 5.41) is 11.7. The van der Waals surface area contributed by atoms with Crippen LogP contribution in [0.3, 0.4) is 0 Å². The second kappa shape index (κ2) is 5.33. The van der Waals surface area contributed by atoms with Gasteiger partial charge >= 0.3 is 5.97 Å². The summed E-state index contributed by atoms with van der Waals surface area (Å²) in [6, 6.07) is 5.77. The van der Waals surface area contributed by atoms with Crippen LogP contribution >= 0.6 is 15.9 Å². The summed E-state index contributed by atoms with van der Waals surface area (Å²) in [6.07, 6.45) is 1.58. The van der Waals surface area contributed by atoms with Crippen molar-refractivity contribution in [1.29, 1.82) is 0 Å². The average molecular weight is 326 g/mol. The number of carboxylic acid groups (broad SMARTS) is 1. The molecule has 1 saturated carbocycles. The second-order valence-corrected chi connectivity index (χ2v) is 5.98. The quantitative estimate of drug-likeness (QED) is 0.872. The summed E-state index contributed by atoms with van der Waals surface area (Å²) in [7, 11) is 0. The third-order valence-electron chi connectivity index (χ3n) is 3.53. The Morgan fingerprint density at radius 1 is 1.42 bits per heavy atom. The molecule has 1 amide bonds. The molecule has 1 aliphatic rings. The number of amides is 1. The maximum atomic E-state index is 11.8. The number of nitrogens with one attached hydrogen (secondary N) is 1. The maximum absolute atomic E-state index is 11.8. The fourth-order valence-corrected chi connectivity index (χ4v) is 2.31. The summed E-state index contributed by atoms with van der Waals surface area (Å²) in [4.78, 5) is 22.8. The van der Waals surface area contributed by atoms with E-state index in [4.69, 9.17) is 5.11 Å². The number of hydrogen-bond acceptors (Lipinski definition) is 2. The van der Waals surface area contributed by atoms with Gasteiger partial charge in [-0.05, 0) is 37.0 Å². The fraction of sp³-hybridized carbons (Fsp3) is 0.429. The second-order valence-electron chi connectivity index (χ2n) is 5.12. The standard InChI is InChI=1S/C14H16BrNO3/c1-9-2-3-10(6-11(9)15)7-12(17)16-8-14(4-5-14)13(18)19/h2-3,6H,4-5,7-8H2,1H3,(H,16,17)(H,18,19). The van der Waals surface area contributed by atoms with Crippen molar-refractivity contribution in [2.45, 2.75) is 26.2 Å². The Labute approximate surface area is 120 Å². The SMILES string of the molecule is Cc1ccc(CC(=O)NCC2(C(=O)O)CC2)cc1Br. The molecule has 1 aromatic carbocycles. The van der Waals surface area contributed by atoms with Gasteiger partial charge in [0.1, 0.15) is 0 Å². The van der Waals surface area contributed by atoms with E-state index in [-0.39, 0.29) is 18.9 Å². The maximum Gasteiger partial charge on any atom is 0.311 e. The van der Waals surface area contributed by atoms with Gasteiger partial charge in [-0.1, -0.05) is 28.1 Å². The molecule has 0 atom stereocenters. The smallest absolute Gasteiger partial charge is 0.311 e. The zero-order valence-corrected chi connectivity index (χ0v) is 12.3. The molecule has 0 aliphatic heterocycles. The molecular formula is C14H16BrNO3. The molecule has 2 N–H and O–H groups in total. The normalized spacial score (nSPS) is 15.9. The van der Waals surface area contributed by atoms with Crippen LogP contribution in [0.4, 0.5) is 0 Å². The van der Waals surface area contributed by atoms with Crippen LogP contribution in [0.15, 0.2) is 22.7 Å². The highest BCUT2D eigenvalue weighted by molar-refractivity contribution is 9.10. The lowest BCUT2D eigenvalue weighted by molar-refractivity contribution is -0.143. The van der Waals surface area contributed by atoms with E-state index in [1.807, 2.05) is 25.1 Å². The van der Waals surface area contributed by atoms with Crippen LogP contribution in [0.2, 0.25) is 0 Å². The molecule has 0 aromatic heterocycles. The third-order valence-corrected chi connectivity index (χ3v) is 4.39. The first-order chi connectivity index (χ1) is 8.93. The monoisotopic (exact) mass is 325 g/mol. The molecular weight excluding hydrogens is 310 g/mol. The Morgan fingerprint density at radius 3 is 2.63 bits per heavy atom. The van der Waals surface area contributed by atoms with Gasteiger partial charge in [0.05, 0.1) is 11.8 Å². The molecule has 2 rings (SSSR count). The lowest BCUT2D eigenvalue weighted by atomic mass is 10.1. The van der Waals surface area contributed by atoms with Crippen LogP contribution in [-0.4, -0.2) is 23.5 Å². The van der Waals surface area contributed by atoms with Gasteiger partial charge in [0.2, 0.25) is 5.91 Å². The van der Waals surface area contributed by atoms with Crippen LogP contribution in [-0.2, 0) is 16.0 Å². The Balaban J connectivity index is 1.88. The summed E-state index contributed by atoms with van der Waals surface area (Å²) in [5.74, 6) is -0.950. The molecule has 1 aliphatic carbocycles.